The number of hydrogen-bond acceptors (Lipinski definition) is 5. The van der Waals surface area contributed by atoms with E-state index in [0.717, 1.165) is 6.08 Å². The zero-order valence-corrected chi connectivity index (χ0v) is 14.9. The van der Waals surface area contributed by atoms with Crippen LogP contribution in [-0.2, 0) is 9.53 Å². The van der Waals surface area contributed by atoms with E-state index in [0.29, 0.717) is 22.5 Å². The van der Waals surface area contributed by atoms with Gasteiger partial charge >= 0.3 is 11.9 Å². The third-order valence-electron chi connectivity index (χ3n) is 3.49. The third kappa shape index (κ3) is 5.43. The number of carboxylic acids is 1. The first-order chi connectivity index (χ1) is 13.3. The summed E-state index contributed by atoms with van der Waals surface area (Å²) < 4.78 is 4.71. The molecule has 0 aliphatic heterocycles. The molecule has 144 valence electrons. The standard InChI is InChI=1S/C19H18N4O5/c1-28-18(27)15-10-14(7-5-11(15)6-8-16(24)25)22-17(26)12-3-2-4-13(9-12)23-19(20)21/h2-10H,1H3,(H,22,26)(H,24,25)(H4,20,21,23)/b8-6+. The number of aliphatic imine (C=N–C) groups is 1. The minimum atomic E-state index is -1.16. The molecule has 2 aromatic rings. The number of esters is 1. The number of guanidine groups is 1. The lowest BCUT2D eigenvalue weighted by molar-refractivity contribution is -0.131. The number of hydrogen-bond donors (Lipinski definition) is 4. The molecule has 2 aromatic carbocycles. The lowest BCUT2D eigenvalue weighted by atomic mass is 10.1. The molecule has 0 fully saturated rings. The molecular weight excluding hydrogens is 364 g/mol. The van der Waals surface area contributed by atoms with Gasteiger partial charge < -0.3 is 26.6 Å². The SMILES string of the molecule is COC(=O)c1cc(NC(=O)c2cccc(N=C(N)N)c2)ccc1/C=C/C(=O)O. The third-order valence-corrected chi connectivity index (χ3v) is 3.49. The van der Waals surface area contributed by atoms with E-state index in [1.807, 2.05) is 0 Å². The molecule has 1 amide bonds. The van der Waals surface area contributed by atoms with Gasteiger partial charge in [0, 0.05) is 17.3 Å². The molecule has 9 nitrogen and oxygen atoms in total. The molecule has 0 radical (unpaired) electrons. The van der Waals surface area contributed by atoms with Crippen LogP contribution in [0.25, 0.3) is 6.08 Å². The van der Waals surface area contributed by atoms with E-state index in [4.69, 9.17) is 21.3 Å². The Hall–Kier alpha value is -4.14. The highest BCUT2D eigenvalue weighted by atomic mass is 16.5. The van der Waals surface area contributed by atoms with Crippen molar-refractivity contribution >= 4 is 41.3 Å². The van der Waals surface area contributed by atoms with Crippen LogP contribution in [0.15, 0.2) is 53.5 Å². The summed E-state index contributed by atoms with van der Waals surface area (Å²) in [4.78, 5) is 39.0. The summed E-state index contributed by atoms with van der Waals surface area (Å²) in [5.41, 5.74) is 12.1. The molecule has 28 heavy (non-hydrogen) atoms. The Kier molecular flexibility index (Phi) is 6.48. The lowest BCUT2D eigenvalue weighted by Gasteiger charge is -2.10. The van der Waals surface area contributed by atoms with Gasteiger partial charge in [-0.1, -0.05) is 12.1 Å². The number of carbonyl (C=O) groups excluding carboxylic acids is 2. The predicted octanol–water partition coefficient (Wildman–Crippen LogP) is 1.73. The van der Waals surface area contributed by atoms with Crippen molar-refractivity contribution in [2.24, 2.45) is 16.5 Å². The molecule has 6 N–H and O–H groups in total. The van der Waals surface area contributed by atoms with Crippen LogP contribution in [0.4, 0.5) is 11.4 Å². The van der Waals surface area contributed by atoms with E-state index in [-0.39, 0.29) is 11.5 Å². The van der Waals surface area contributed by atoms with Crippen molar-refractivity contribution in [3.8, 4) is 0 Å². The number of benzene rings is 2. The van der Waals surface area contributed by atoms with Crippen LogP contribution in [0.2, 0.25) is 0 Å². The van der Waals surface area contributed by atoms with E-state index < -0.39 is 17.8 Å². The predicted molar refractivity (Wildman–Crippen MR) is 104 cm³/mol. The summed E-state index contributed by atoms with van der Waals surface area (Å²) in [6.07, 6.45) is 2.16. The molecule has 0 aliphatic carbocycles. The molecule has 9 heteroatoms. The molecular formula is C19H18N4O5. The lowest BCUT2D eigenvalue weighted by Crippen LogP contribution is -2.22. The first-order valence-corrected chi connectivity index (χ1v) is 7.94. The zero-order valence-electron chi connectivity index (χ0n) is 14.9. The number of anilines is 1. The molecule has 0 saturated carbocycles. The van der Waals surface area contributed by atoms with E-state index >= 15 is 0 Å². The highest BCUT2D eigenvalue weighted by Crippen LogP contribution is 2.20. The number of nitrogens with zero attached hydrogens (tertiary/aromatic N) is 1. The normalized spacial score (nSPS) is 10.3. The van der Waals surface area contributed by atoms with Crippen molar-refractivity contribution in [3.63, 3.8) is 0 Å². The van der Waals surface area contributed by atoms with Crippen molar-refractivity contribution in [1.29, 1.82) is 0 Å². The quantitative estimate of drug-likeness (QED) is 0.256. The van der Waals surface area contributed by atoms with Gasteiger partial charge in [-0.2, -0.15) is 0 Å². The van der Waals surface area contributed by atoms with Gasteiger partial charge in [0.1, 0.15) is 0 Å². The minimum absolute atomic E-state index is 0.104. The van der Waals surface area contributed by atoms with Crippen LogP contribution in [0.5, 0.6) is 0 Å². The summed E-state index contributed by atoms with van der Waals surface area (Å²) in [6.45, 7) is 0. The van der Waals surface area contributed by atoms with Crippen molar-refractivity contribution in [2.75, 3.05) is 12.4 Å². The average Bonchev–Trinajstić information content (AvgIpc) is 2.65. The number of amides is 1. The second-order valence-electron chi connectivity index (χ2n) is 5.51. The molecule has 0 spiro atoms. The molecule has 0 bridgehead atoms. The number of rotatable bonds is 6. The van der Waals surface area contributed by atoms with E-state index in [9.17, 15) is 14.4 Å². The van der Waals surface area contributed by atoms with Crippen LogP contribution in [0.3, 0.4) is 0 Å². The highest BCUT2D eigenvalue weighted by molar-refractivity contribution is 6.06. The molecule has 0 unspecified atom stereocenters. The van der Waals surface area contributed by atoms with Crippen LogP contribution >= 0.6 is 0 Å². The van der Waals surface area contributed by atoms with Crippen molar-refractivity contribution in [1.82, 2.24) is 0 Å². The van der Waals surface area contributed by atoms with Crippen LogP contribution in [-0.4, -0.2) is 36.0 Å². The molecule has 0 aromatic heterocycles. The van der Waals surface area contributed by atoms with E-state index in [1.54, 1.807) is 18.2 Å². The average molecular weight is 382 g/mol. The second kappa shape index (κ2) is 8.99. The van der Waals surface area contributed by atoms with E-state index in [2.05, 4.69) is 10.3 Å². The van der Waals surface area contributed by atoms with E-state index in [1.165, 1.54) is 37.5 Å². The maximum absolute atomic E-state index is 12.5. The van der Waals surface area contributed by atoms with Crippen LogP contribution in [0.1, 0.15) is 26.3 Å². The first-order valence-electron chi connectivity index (χ1n) is 7.94. The first kappa shape index (κ1) is 20.2. The van der Waals surface area contributed by atoms with Gasteiger partial charge in [0.15, 0.2) is 5.96 Å². The number of nitrogens with two attached hydrogens (primary N) is 2. The number of ether oxygens (including phenoxy) is 1. The van der Waals surface area contributed by atoms with Gasteiger partial charge in [-0.25, -0.2) is 14.6 Å². The molecule has 0 atom stereocenters. The van der Waals surface area contributed by atoms with Gasteiger partial charge in [-0.15, -0.1) is 0 Å². The summed E-state index contributed by atoms with van der Waals surface area (Å²) in [7, 11) is 1.20. The summed E-state index contributed by atoms with van der Waals surface area (Å²) in [6, 6.07) is 10.8. The minimum Gasteiger partial charge on any atom is -0.478 e. The highest BCUT2D eigenvalue weighted by Gasteiger charge is 2.13. The van der Waals surface area contributed by atoms with Crippen LogP contribution < -0.4 is 16.8 Å². The monoisotopic (exact) mass is 382 g/mol. The second-order valence-corrected chi connectivity index (χ2v) is 5.51. The number of methoxy groups -OCH3 is 1. The molecule has 0 aliphatic rings. The topological polar surface area (TPSA) is 157 Å². The Balaban J connectivity index is 2.31. The number of carboxylic acid groups (broad SMARTS) is 1. The fourth-order valence-corrected chi connectivity index (χ4v) is 2.30. The molecule has 2 rings (SSSR count). The summed E-state index contributed by atoms with van der Waals surface area (Å²) in [5, 5.41) is 11.4. The summed E-state index contributed by atoms with van der Waals surface area (Å²) in [5.74, 6) is -2.41. The molecule has 0 saturated heterocycles. The van der Waals surface area contributed by atoms with Gasteiger partial charge in [0.2, 0.25) is 0 Å². The van der Waals surface area contributed by atoms with Crippen molar-refractivity contribution < 1.29 is 24.2 Å². The van der Waals surface area contributed by atoms with Gasteiger partial charge in [0.25, 0.3) is 5.91 Å². The fourth-order valence-electron chi connectivity index (χ4n) is 2.30. The van der Waals surface area contributed by atoms with Gasteiger partial charge in [0.05, 0.1) is 18.4 Å². The van der Waals surface area contributed by atoms with Crippen LogP contribution in [0, 0.1) is 0 Å². The maximum atomic E-state index is 12.5. The Morgan fingerprint density at radius 2 is 1.89 bits per heavy atom. The fraction of sp³-hybridized carbons (Fsp3) is 0.0526. The number of aliphatic carboxylic acids is 1. The Morgan fingerprint density at radius 3 is 2.54 bits per heavy atom. The van der Waals surface area contributed by atoms with Gasteiger partial charge in [-0.3, -0.25) is 4.79 Å². The summed E-state index contributed by atoms with van der Waals surface area (Å²) >= 11 is 0. The smallest absolute Gasteiger partial charge is 0.338 e. The zero-order chi connectivity index (χ0) is 20.7. The van der Waals surface area contributed by atoms with Crippen molar-refractivity contribution in [2.45, 2.75) is 0 Å². The van der Waals surface area contributed by atoms with Gasteiger partial charge in [-0.05, 0) is 42.0 Å². The maximum Gasteiger partial charge on any atom is 0.338 e. The largest absolute Gasteiger partial charge is 0.478 e. The Morgan fingerprint density at radius 1 is 1.14 bits per heavy atom. The Bertz CT molecular complexity index is 978. The van der Waals surface area contributed by atoms with Crippen molar-refractivity contribution in [3.05, 3.63) is 65.2 Å². The molecule has 0 heterocycles. The Labute approximate surface area is 160 Å². The number of carbonyl (C=O) groups is 3. The number of nitrogens with one attached hydrogen (secondary N) is 1.